The molecular weight excluding hydrogens is 759 g/mol. The summed E-state index contributed by atoms with van der Waals surface area (Å²) in [5.74, 6) is -1.02. The highest BCUT2D eigenvalue weighted by molar-refractivity contribution is 7.47. The van der Waals surface area contributed by atoms with Gasteiger partial charge in [0.25, 0.3) is 0 Å². The minimum absolute atomic E-state index is 0.0922. The zero-order chi connectivity index (χ0) is 42.8. The largest absolute Gasteiger partial charge is 0.472 e. The molecule has 58 heavy (non-hydrogen) atoms. The van der Waals surface area contributed by atoms with E-state index in [1.165, 1.54) is 64.2 Å². The number of ether oxygens (including phenoxy) is 2. The van der Waals surface area contributed by atoms with Gasteiger partial charge in [-0.05, 0) is 83.5 Å². The lowest BCUT2D eigenvalue weighted by Crippen LogP contribution is -2.29. The second-order valence-electron chi connectivity index (χ2n) is 14.9. The molecule has 0 saturated carbocycles. The van der Waals surface area contributed by atoms with E-state index in [1.807, 2.05) is 19.1 Å². The van der Waals surface area contributed by atoms with Gasteiger partial charge in [-0.1, -0.05) is 139 Å². The molecule has 0 aliphatic heterocycles. The molecule has 1 unspecified atom stereocenters. The minimum Gasteiger partial charge on any atom is -0.462 e. The summed E-state index contributed by atoms with van der Waals surface area (Å²) in [5.41, 5.74) is 0. The number of hydrogen-bond acceptors (Lipinski definition) is 10. The van der Waals surface area contributed by atoms with E-state index in [0.29, 0.717) is 19.3 Å². The molecule has 336 valence electrons. The van der Waals surface area contributed by atoms with E-state index in [0.717, 1.165) is 64.2 Å². The van der Waals surface area contributed by atoms with Crippen molar-refractivity contribution in [3.8, 4) is 0 Å². The molecule has 0 aliphatic rings. The van der Waals surface area contributed by atoms with Gasteiger partial charge in [0.1, 0.15) is 12.7 Å². The molecule has 0 aromatic carbocycles. The standard InChI is InChI=1S/C46H81O11P/c1-3-5-6-7-8-9-10-11-12-13-14-18-21-24-27-30-33-36-45(50)54-40-44(41-56-58(52,53)55-39-43(49)38-47)57-46(51)37-34-31-28-25-22-19-16-15-17-20-23-26-29-32-35-42(48)4-2/h11-12,16-17,19-20,25-26,28-29,42-44,47-49H,3-10,13-15,18,21-24,27,30-41H2,1-2H3,(H,52,53)/b12-11-,19-16-,20-17-,28-25-,29-26-/t42-,43+,44-/m1/s1. The lowest BCUT2D eigenvalue weighted by molar-refractivity contribution is -0.161. The predicted molar refractivity (Wildman–Crippen MR) is 234 cm³/mol. The summed E-state index contributed by atoms with van der Waals surface area (Å²) >= 11 is 0. The molecule has 4 atom stereocenters. The maximum atomic E-state index is 12.6. The number of unbranched alkanes of at least 4 members (excludes halogenated alkanes) is 14. The van der Waals surface area contributed by atoms with Crippen molar-refractivity contribution in [2.75, 3.05) is 26.4 Å². The summed E-state index contributed by atoms with van der Waals surface area (Å²) in [4.78, 5) is 35.0. The number of rotatable bonds is 41. The van der Waals surface area contributed by atoms with E-state index >= 15 is 0 Å². The Labute approximate surface area is 351 Å². The van der Waals surface area contributed by atoms with Gasteiger partial charge in [-0.15, -0.1) is 0 Å². The number of aliphatic hydroxyl groups is 3. The summed E-state index contributed by atoms with van der Waals surface area (Å²) < 4.78 is 32.6. The molecule has 0 amide bonds. The molecule has 0 aromatic rings. The molecule has 0 saturated heterocycles. The van der Waals surface area contributed by atoms with Gasteiger partial charge in [-0.25, -0.2) is 4.57 Å². The normalized spacial score (nSPS) is 14.9. The third-order valence-corrected chi connectivity index (χ3v) is 10.3. The van der Waals surface area contributed by atoms with E-state index in [-0.39, 0.29) is 25.6 Å². The molecule has 11 nitrogen and oxygen atoms in total. The fourth-order valence-electron chi connectivity index (χ4n) is 5.67. The maximum absolute atomic E-state index is 12.6. The predicted octanol–water partition coefficient (Wildman–Crippen LogP) is 10.9. The van der Waals surface area contributed by atoms with Crippen molar-refractivity contribution in [2.45, 2.75) is 193 Å². The van der Waals surface area contributed by atoms with Crippen LogP contribution in [-0.2, 0) is 32.7 Å². The number of carbonyl (C=O) groups excluding carboxylic acids is 2. The Morgan fingerprint density at radius 3 is 1.59 bits per heavy atom. The van der Waals surface area contributed by atoms with Gasteiger partial charge in [-0.3, -0.25) is 18.6 Å². The molecule has 0 radical (unpaired) electrons. The van der Waals surface area contributed by atoms with Crippen molar-refractivity contribution >= 4 is 19.8 Å². The zero-order valence-corrected chi connectivity index (χ0v) is 37.0. The van der Waals surface area contributed by atoms with E-state index in [9.17, 15) is 29.3 Å². The van der Waals surface area contributed by atoms with E-state index in [1.54, 1.807) is 0 Å². The number of aliphatic hydroxyl groups excluding tert-OH is 3. The Morgan fingerprint density at radius 2 is 1.02 bits per heavy atom. The van der Waals surface area contributed by atoms with Crippen LogP contribution in [0, 0.1) is 0 Å². The molecule has 0 heterocycles. The maximum Gasteiger partial charge on any atom is 0.472 e. The zero-order valence-electron chi connectivity index (χ0n) is 36.1. The molecule has 4 N–H and O–H groups in total. The van der Waals surface area contributed by atoms with E-state index in [4.69, 9.17) is 19.1 Å². The first-order valence-electron chi connectivity index (χ1n) is 22.3. The van der Waals surface area contributed by atoms with Crippen molar-refractivity contribution in [1.82, 2.24) is 0 Å². The molecule has 12 heteroatoms. The van der Waals surface area contributed by atoms with Crippen LogP contribution in [0.3, 0.4) is 0 Å². The lowest BCUT2D eigenvalue weighted by atomic mass is 10.1. The first kappa shape index (κ1) is 55.6. The Kier molecular flexibility index (Phi) is 39.7. The Hall–Kier alpha value is -2.37. The number of esters is 2. The second kappa shape index (κ2) is 41.4. The highest BCUT2D eigenvalue weighted by atomic mass is 31.2. The van der Waals surface area contributed by atoms with Crippen LogP contribution in [0.4, 0.5) is 0 Å². The van der Waals surface area contributed by atoms with Crippen LogP contribution in [0.1, 0.15) is 174 Å². The van der Waals surface area contributed by atoms with Crippen molar-refractivity contribution in [3.05, 3.63) is 60.8 Å². The summed E-state index contributed by atoms with van der Waals surface area (Å²) in [5, 5.41) is 27.9. The van der Waals surface area contributed by atoms with Gasteiger partial charge in [-0.2, -0.15) is 0 Å². The lowest BCUT2D eigenvalue weighted by Gasteiger charge is -2.20. The second-order valence-corrected chi connectivity index (χ2v) is 16.3. The smallest absolute Gasteiger partial charge is 0.462 e. The monoisotopic (exact) mass is 841 g/mol. The van der Waals surface area contributed by atoms with Crippen LogP contribution in [0.2, 0.25) is 0 Å². The van der Waals surface area contributed by atoms with Crippen molar-refractivity contribution in [1.29, 1.82) is 0 Å². The summed E-state index contributed by atoms with van der Waals surface area (Å²) in [6, 6.07) is 0. The Morgan fingerprint density at radius 1 is 0.552 bits per heavy atom. The fraction of sp³-hybridized carbons (Fsp3) is 0.739. The van der Waals surface area contributed by atoms with Crippen LogP contribution in [0.25, 0.3) is 0 Å². The highest BCUT2D eigenvalue weighted by Crippen LogP contribution is 2.43. The van der Waals surface area contributed by atoms with Crippen LogP contribution >= 0.6 is 7.82 Å². The third-order valence-electron chi connectivity index (χ3n) is 9.31. The molecule has 0 bridgehead atoms. The number of hydrogen-bond donors (Lipinski definition) is 4. The summed E-state index contributed by atoms with van der Waals surface area (Å²) in [6.45, 7) is 2.01. The Bertz CT molecular complexity index is 1170. The number of phosphoric ester groups is 1. The van der Waals surface area contributed by atoms with Gasteiger partial charge >= 0.3 is 19.8 Å². The van der Waals surface area contributed by atoms with Crippen molar-refractivity contribution < 1.29 is 52.9 Å². The van der Waals surface area contributed by atoms with E-state index < -0.39 is 51.8 Å². The van der Waals surface area contributed by atoms with Crippen molar-refractivity contribution in [2.24, 2.45) is 0 Å². The Balaban J connectivity index is 4.39. The molecule has 0 rings (SSSR count). The number of carbonyl (C=O) groups is 2. The van der Waals surface area contributed by atoms with Crippen molar-refractivity contribution in [3.63, 3.8) is 0 Å². The van der Waals surface area contributed by atoms with E-state index in [2.05, 4.69) is 60.1 Å². The molecule has 0 aliphatic carbocycles. The quantitative estimate of drug-likeness (QED) is 0.0200. The number of allylic oxidation sites excluding steroid dienone is 10. The van der Waals surface area contributed by atoms with Gasteiger partial charge in [0.05, 0.1) is 25.9 Å². The van der Waals surface area contributed by atoms with Gasteiger partial charge < -0.3 is 29.7 Å². The highest BCUT2D eigenvalue weighted by Gasteiger charge is 2.27. The molecule has 0 fully saturated rings. The van der Waals surface area contributed by atoms with Crippen LogP contribution in [0.15, 0.2) is 60.8 Å². The van der Waals surface area contributed by atoms with Crippen LogP contribution in [0.5, 0.6) is 0 Å². The topological polar surface area (TPSA) is 169 Å². The summed E-state index contributed by atoms with van der Waals surface area (Å²) in [7, 11) is -4.64. The van der Waals surface area contributed by atoms with Gasteiger partial charge in [0.2, 0.25) is 0 Å². The fourth-order valence-corrected chi connectivity index (χ4v) is 6.46. The minimum atomic E-state index is -4.64. The van der Waals surface area contributed by atoms with Gasteiger partial charge in [0.15, 0.2) is 6.10 Å². The average Bonchev–Trinajstić information content (AvgIpc) is 3.21. The number of phosphoric acid groups is 1. The first-order chi connectivity index (χ1) is 28.1. The van der Waals surface area contributed by atoms with Crippen LogP contribution < -0.4 is 0 Å². The molecule has 0 spiro atoms. The molecule has 0 aromatic heterocycles. The SMILES string of the molecule is CCCCCCCC/C=C\CCCCCCCCCC(=O)OC[C@H](COP(=O)(O)OC[C@@H](O)CO)OC(=O)CCC/C=C\C/C=C\C/C=C\C/C=C\CC[C@H](O)CC. The summed E-state index contributed by atoms with van der Waals surface area (Å²) in [6.07, 6.45) is 42.8. The third kappa shape index (κ3) is 40.4. The van der Waals surface area contributed by atoms with Crippen LogP contribution in [-0.4, -0.2) is 76.9 Å². The van der Waals surface area contributed by atoms with Gasteiger partial charge in [0, 0.05) is 12.8 Å². The first-order valence-corrected chi connectivity index (χ1v) is 23.8. The average molecular weight is 841 g/mol. The molecular formula is C46H81O11P.